The summed E-state index contributed by atoms with van der Waals surface area (Å²) in [5.74, 6) is 0.907. The smallest absolute Gasteiger partial charge is 0.119 e. The van der Waals surface area contributed by atoms with Crippen molar-refractivity contribution in [1.82, 2.24) is 4.98 Å². The van der Waals surface area contributed by atoms with Crippen molar-refractivity contribution in [2.75, 3.05) is 7.11 Å². The van der Waals surface area contributed by atoms with E-state index in [9.17, 15) is 0 Å². The van der Waals surface area contributed by atoms with Gasteiger partial charge >= 0.3 is 0 Å². The van der Waals surface area contributed by atoms with Gasteiger partial charge in [-0.15, -0.1) is 6.58 Å². The van der Waals surface area contributed by atoms with Gasteiger partial charge in [-0.3, -0.25) is 0 Å². The van der Waals surface area contributed by atoms with Gasteiger partial charge in [-0.05, 0) is 36.6 Å². The molecule has 0 aliphatic carbocycles. The first-order chi connectivity index (χ1) is 7.26. The third-order valence-electron chi connectivity index (χ3n) is 2.65. The number of hydrogen-bond donors (Lipinski definition) is 1. The second-order valence-electron chi connectivity index (χ2n) is 3.67. The molecule has 1 heterocycles. The Kier molecular flexibility index (Phi) is 2.50. The highest BCUT2D eigenvalue weighted by atomic mass is 16.5. The molecule has 0 saturated carbocycles. The minimum atomic E-state index is 0.882. The van der Waals surface area contributed by atoms with E-state index in [2.05, 4.69) is 24.6 Å². The Labute approximate surface area is 89.6 Å². The number of aromatic amines is 1. The van der Waals surface area contributed by atoms with E-state index in [-0.39, 0.29) is 0 Å². The summed E-state index contributed by atoms with van der Waals surface area (Å²) in [5.41, 5.74) is 3.66. The Bertz CT molecular complexity index is 496. The summed E-state index contributed by atoms with van der Waals surface area (Å²) < 4.78 is 5.27. The molecule has 78 valence electrons. The monoisotopic (exact) mass is 201 g/mol. The fourth-order valence-corrected chi connectivity index (χ4v) is 1.88. The van der Waals surface area contributed by atoms with Gasteiger partial charge in [-0.25, -0.2) is 0 Å². The molecule has 1 aromatic heterocycles. The van der Waals surface area contributed by atoms with E-state index >= 15 is 0 Å². The molecule has 2 heteroatoms. The molecule has 0 aliphatic rings. The number of fused-ring (bicyclic) bond motifs is 1. The molecule has 2 rings (SSSR count). The first-order valence-corrected chi connectivity index (χ1v) is 5.01. The molecule has 1 N–H and O–H groups in total. The molecule has 0 bridgehead atoms. The number of H-pyrrole nitrogens is 1. The van der Waals surface area contributed by atoms with Crippen LogP contribution in [-0.4, -0.2) is 12.1 Å². The summed E-state index contributed by atoms with van der Waals surface area (Å²) in [6.07, 6.45) is 4.84. The molecule has 2 nitrogen and oxygen atoms in total. The van der Waals surface area contributed by atoms with Crippen LogP contribution in [0.1, 0.15) is 11.1 Å². The first-order valence-electron chi connectivity index (χ1n) is 5.01. The third-order valence-corrected chi connectivity index (χ3v) is 2.65. The number of aromatic nitrogens is 1. The van der Waals surface area contributed by atoms with Gasteiger partial charge in [0.25, 0.3) is 0 Å². The van der Waals surface area contributed by atoms with E-state index in [0.717, 1.165) is 12.2 Å². The number of hydrogen-bond acceptors (Lipinski definition) is 1. The number of benzene rings is 1. The molecule has 2 aromatic rings. The standard InChI is InChI=1S/C13H15NO/c1-4-5-10-8-14-13-9(2)6-11(15-3)7-12(10)13/h4,6-8,14H,1,5H2,2-3H3. The summed E-state index contributed by atoms with van der Waals surface area (Å²) in [5, 5.41) is 1.23. The van der Waals surface area contributed by atoms with Gasteiger partial charge in [0.15, 0.2) is 0 Å². The van der Waals surface area contributed by atoms with Crippen LogP contribution in [0.25, 0.3) is 10.9 Å². The van der Waals surface area contributed by atoms with Gasteiger partial charge in [0.2, 0.25) is 0 Å². The van der Waals surface area contributed by atoms with E-state index < -0.39 is 0 Å². The lowest BCUT2D eigenvalue weighted by Crippen LogP contribution is -1.85. The van der Waals surface area contributed by atoms with E-state index in [1.165, 1.54) is 22.0 Å². The zero-order valence-corrected chi connectivity index (χ0v) is 9.13. The minimum absolute atomic E-state index is 0.882. The SMILES string of the molecule is C=CCc1c[nH]c2c(C)cc(OC)cc12. The molecule has 1 aromatic carbocycles. The number of nitrogens with one attached hydrogen (secondary N) is 1. The number of ether oxygens (including phenoxy) is 1. The Morgan fingerprint density at radius 2 is 2.27 bits per heavy atom. The molecule has 0 radical (unpaired) electrons. The fourth-order valence-electron chi connectivity index (χ4n) is 1.88. The lowest BCUT2D eigenvalue weighted by molar-refractivity contribution is 0.415. The Balaban J connectivity index is 2.66. The zero-order chi connectivity index (χ0) is 10.8. The predicted molar refractivity (Wildman–Crippen MR) is 63.5 cm³/mol. The van der Waals surface area contributed by atoms with E-state index in [1.54, 1.807) is 7.11 Å². The van der Waals surface area contributed by atoms with Crippen molar-refractivity contribution in [1.29, 1.82) is 0 Å². The van der Waals surface area contributed by atoms with Crippen LogP contribution >= 0.6 is 0 Å². The minimum Gasteiger partial charge on any atom is -0.497 e. The highest BCUT2D eigenvalue weighted by molar-refractivity contribution is 5.87. The third kappa shape index (κ3) is 1.63. The maximum absolute atomic E-state index is 5.27. The molecule has 15 heavy (non-hydrogen) atoms. The van der Waals surface area contributed by atoms with Gasteiger partial charge in [0.05, 0.1) is 7.11 Å². The maximum Gasteiger partial charge on any atom is 0.119 e. The van der Waals surface area contributed by atoms with Crippen molar-refractivity contribution in [2.24, 2.45) is 0 Å². The number of aryl methyl sites for hydroxylation is 1. The summed E-state index contributed by atoms with van der Waals surface area (Å²) in [6, 6.07) is 4.11. The van der Waals surface area contributed by atoms with Crippen LogP contribution in [0.2, 0.25) is 0 Å². The van der Waals surface area contributed by atoms with Crippen molar-refractivity contribution in [3.63, 3.8) is 0 Å². The summed E-state index contributed by atoms with van der Waals surface area (Å²) >= 11 is 0. The normalized spacial score (nSPS) is 10.5. The van der Waals surface area contributed by atoms with Crippen LogP contribution in [0, 0.1) is 6.92 Å². The Hall–Kier alpha value is -1.70. The highest BCUT2D eigenvalue weighted by Gasteiger charge is 2.06. The predicted octanol–water partition coefficient (Wildman–Crippen LogP) is 3.21. The average molecular weight is 201 g/mol. The van der Waals surface area contributed by atoms with Crippen LogP contribution in [0.4, 0.5) is 0 Å². The largest absolute Gasteiger partial charge is 0.497 e. The van der Waals surface area contributed by atoms with Crippen LogP contribution in [0.15, 0.2) is 31.0 Å². The first kappa shape index (κ1) is 9.84. The molecule has 0 aliphatic heterocycles. The van der Waals surface area contributed by atoms with Crippen molar-refractivity contribution < 1.29 is 4.74 Å². The zero-order valence-electron chi connectivity index (χ0n) is 9.13. The molecular weight excluding hydrogens is 186 g/mol. The molecular formula is C13H15NO. The van der Waals surface area contributed by atoms with Crippen LogP contribution < -0.4 is 4.74 Å². The lowest BCUT2D eigenvalue weighted by Gasteiger charge is -2.03. The second-order valence-corrected chi connectivity index (χ2v) is 3.67. The summed E-state index contributed by atoms with van der Waals surface area (Å²) in [6.45, 7) is 5.84. The van der Waals surface area contributed by atoms with Crippen LogP contribution in [-0.2, 0) is 6.42 Å². The van der Waals surface area contributed by atoms with Gasteiger partial charge in [0, 0.05) is 17.1 Å². The summed E-state index contributed by atoms with van der Waals surface area (Å²) in [4.78, 5) is 3.29. The molecule has 0 fully saturated rings. The van der Waals surface area contributed by atoms with Gasteiger partial charge in [-0.1, -0.05) is 6.08 Å². The number of allylic oxidation sites excluding steroid dienone is 1. The average Bonchev–Trinajstić information content (AvgIpc) is 2.63. The Morgan fingerprint density at radius 1 is 1.47 bits per heavy atom. The van der Waals surface area contributed by atoms with Crippen LogP contribution in [0.5, 0.6) is 5.75 Å². The van der Waals surface area contributed by atoms with Crippen molar-refractivity contribution in [3.8, 4) is 5.75 Å². The van der Waals surface area contributed by atoms with Crippen LogP contribution in [0.3, 0.4) is 0 Å². The number of rotatable bonds is 3. The van der Waals surface area contributed by atoms with E-state index in [1.807, 2.05) is 18.3 Å². The van der Waals surface area contributed by atoms with Crippen molar-refractivity contribution in [2.45, 2.75) is 13.3 Å². The fraction of sp³-hybridized carbons (Fsp3) is 0.231. The maximum atomic E-state index is 5.27. The molecule has 0 saturated heterocycles. The molecule has 0 unspecified atom stereocenters. The molecule has 0 spiro atoms. The number of methoxy groups -OCH3 is 1. The van der Waals surface area contributed by atoms with Gasteiger partial charge in [-0.2, -0.15) is 0 Å². The summed E-state index contributed by atoms with van der Waals surface area (Å²) in [7, 11) is 1.69. The molecule has 0 amide bonds. The van der Waals surface area contributed by atoms with E-state index in [4.69, 9.17) is 4.74 Å². The highest BCUT2D eigenvalue weighted by Crippen LogP contribution is 2.27. The Morgan fingerprint density at radius 3 is 2.93 bits per heavy atom. The van der Waals surface area contributed by atoms with Crippen molar-refractivity contribution >= 4 is 10.9 Å². The lowest BCUT2D eigenvalue weighted by atomic mass is 10.1. The van der Waals surface area contributed by atoms with Gasteiger partial charge in [0.1, 0.15) is 5.75 Å². The quantitative estimate of drug-likeness (QED) is 0.758. The van der Waals surface area contributed by atoms with E-state index in [0.29, 0.717) is 0 Å². The topological polar surface area (TPSA) is 25.0 Å². The van der Waals surface area contributed by atoms with Crippen molar-refractivity contribution in [3.05, 3.63) is 42.1 Å². The second kappa shape index (κ2) is 3.81. The van der Waals surface area contributed by atoms with Gasteiger partial charge < -0.3 is 9.72 Å². The molecule has 0 atom stereocenters.